The second-order valence-corrected chi connectivity index (χ2v) is 5.80. The predicted molar refractivity (Wildman–Crippen MR) is 72.2 cm³/mol. The summed E-state index contributed by atoms with van der Waals surface area (Å²) in [5.74, 6) is 0.874. The van der Waals surface area contributed by atoms with Crippen molar-refractivity contribution in [2.24, 2.45) is 5.92 Å². The lowest BCUT2D eigenvalue weighted by Gasteiger charge is -2.28. The van der Waals surface area contributed by atoms with Gasteiger partial charge in [-0.1, -0.05) is 39.0 Å². The molecule has 0 amide bonds. The molecule has 0 aliphatic heterocycles. The van der Waals surface area contributed by atoms with Crippen LogP contribution in [0, 0.1) is 5.92 Å². The Kier molecular flexibility index (Phi) is 5.79. The Balaban J connectivity index is 1.72. The van der Waals surface area contributed by atoms with E-state index in [2.05, 4.69) is 12.2 Å². The third kappa shape index (κ3) is 4.26. The third-order valence-electron chi connectivity index (χ3n) is 4.50. The Labute approximate surface area is 107 Å². The van der Waals surface area contributed by atoms with Crippen molar-refractivity contribution in [1.29, 1.82) is 0 Å². The monoisotopic (exact) mass is 239 g/mol. The highest BCUT2D eigenvalue weighted by atomic mass is 16.5. The molecule has 0 spiro atoms. The summed E-state index contributed by atoms with van der Waals surface area (Å²) >= 11 is 0. The topological polar surface area (TPSA) is 21.3 Å². The summed E-state index contributed by atoms with van der Waals surface area (Å²) in [4.78, 5) is 0. The third-order valence-corrected chi connectivity index (χ3v) is 4.50. The van der Waals surface area contributed by atoms with E-state index in [1.807, 2.05) is 0 Å². The van der Waals surface area contributed by atoms with Crippen LogP contribution in [0.25, 0.3) is 0 Å². The molecule has 1 atom stereocenters. The average Bonchev–Trinajstić information content (AvgIpc) is 2.89. The molecule has 100 valence electrons. The zero-order valence-electron chi connectivity index (χ0n) is 11.4. The quantitative estimate of drug-likeness (QED) is 0.766. The van der Waals surface area contributed by atoms with E-state index in [0.29, 0.717) is 12.1 Å². The molecule has 0 heterocycles. The highest BCUT2D eigenvalue weighted by Crippen LogP contribution is 2.28. The number of hydrogen-bond acceptors (Lipinski definition) is 2. The van der Waals surface area contributed by atoms with Crippen molar-refractivity contribution >= 4 is 0 Å². The van der Waals surface area contributed by atoms with Gasteiger partial charge in [-0.15, -0.1) is 0 Å². The molecule has 0 radical (unpaired) electrons. The summed E-state index contributed by atoms with van der Waals surface area (Å²) in [6.45, 7) is 4.24. The molecule has 17 heavy (non-hydrogen) atoms. The Morgan fingerprint density at radius 1 is 1.00 bits per heavy atom. The van der Waals surface area contributed by atoms with Gasteiger partial charge in [-0.3, -0.25) is 0 Å². The first-order valence-corrected chi connectivity index (χ1v) is 7.75. The van der Waals surface area contributed by atoms with Crippen LogP contribution in [-0.4, -0.2) is 25.3 Å². The van der Waals surface area contributed by atoms with E-state index in [4.69, 9.17) is 4.74 Å². The van der Waals surface area contributed by atoms with E-state index in [1.165, 1.54) is 57.8 Å². The molecule has 2 rings (SSSR count). The lowest BCUT2D eigenvalue weighted by atomic mass is 9.96. The van der Waals surface area contributed by atoms with Crippen molar-refractivity contribution in [2.75, 3.05) is 13.2 Å². The summed E-state index contributed by atoms with van der Waals surface area (Å²) in [5, 5.41) is 3.64. The first kappa shape index (κ1) is 13.4. The summed E-state index contributed by atoms with van der Waals surface area (Å²) < 4.78 is 6.15. The van der Waals surface area contributed by atoms with Crippen LogP contribution >= 0.6 is 0 Å². The normalized spacial score (nSPS) is 25.2. The highest BCUT2D eigenvalue weighted by molar-refractivity contribution is 4.80. The standard InChI is InChI=1S/C15H29NO/c1-2-16-15(13-8-6-7-9-13)12-17-14-10-4-3-5-11-14/h13-16H,2-12H2,1H3. The molecule has 2 fully saturated rings. The van der Waals surface area contributed by atoms with E-state index in [1.54, 1.807) is 0 Å². The van der Waals surface area contributed by atoms with E-state index in [0.717, 1.165) is 19.1 Å². The molecule has 2 nitrogen and oxygen atoms in total. The number of likely N-dealkylation sites (N-methyl/N-ethyl adjacent to an activating group) is 1. The SMILES string of the molecule is CCNC(COC1CCCCC1)C1CCCC1. The van der Waals surface area contributed by atoms with E-state index in [9.17, 15) is 0 Å². The van der Waals surface area contributed by atoms with Gasteiger partial charge in [-0.25, -0.2) is 0 Å². The van der Waals surface area contributed by atoms with Crippen LogP contribution in [0.4, 0.5) is 0 Å². The molecule has 2 aliphatic rings. The van der Waals surface area contributed by atoms with Gasteiger partial charge in [0.15, 0.2) is 0 Å². The first-order valence-electron chi connectivity index (χ1n) is 7.75. The molecule has 0 bridgehead atoms. The predicted octanol–water partition coefficient (Wildman–Crippen LogP) is 3.50. The van der Waals surface area contributed by atoms with Crippen LogP contribution in [0.3, 0.4) is 0 Å². The van der Waals surface area contributed by atoms with E-state index < -0.39 is 0 Å². The fraction of sp³-hybridized carbons (Fsp3) is 1.00. The molecular formula is C15H29NO. The van der Waals surface area contributed by atoms with Gasteiger partial charge in [0.05, 0.1) is 12.7 Å². The van der Waals surface area contributed by atoms with Crippen LogP contribution in [0.1, 0.15) is 64.7 Å². The maximum absolute atomic E-state index is 6.15. The molecule has 0 aromatic heterocycles. The van der Waals surface area contributed by atoms with Gasteiger partial charge < -0.3 is 10.1 Å². The summed E-state index contributed by atoms with van der Waals surface area (Å²) in [6, 6.07) is 0.615. The second-order valence-electron chi connectivity index (χ2n) is 5.80. The average molecular weight is 239 g/mol. The maximum Gasteiger partial charge on any atom is 0.0626 e. The fourth-order valence-electron chi connectivity index (χ4n) is 3.46. The largest absolute Gasteiger partial charge is 0.377 e. The van der Waals surface area contributed by atoms with Crippen LogP contribution in [0.15, 0.2) is 0 Å². The minimum atomic E-state index is 0.561. The number of rotatable bonds is 6. The summed E-state index contributed by atoms with van der Waals surface area (Å²) in [5.41, 5.74) is 0. The van der Waals surface area contributed by atoms with Crippen molar-refractivity contribution in [3.8, 4) is 0 Å². The van der Waals surface area contributed by atoms with Gasteiger partial charge in [0.1, 0.15) is 0 Å². The smallest absolute Gasteiger partial charge is 0.0626 e. The first-order chi connectivity index (χ1) is 8.40. The van der Waals surface area contributed by atoms with Crippen molar-refractivity contribution in [3.63, 3.8) is 0 Å². The molecule has 2 heteroatoms. The van der Waals surface area contributed by atoms with Crippen molar-refractivity contribution < 1.29 is 4.74 Å². The highest BCUT2D eigenvalue weighted by Gasteiger charge is 2.25. The Hall–Kier alpha value is -0.0800. The Morgan fingerprint density at radius 2 is 1.65 bits per heavy atom. The van der Waals surface area contributed by atoms with Gasteiger partial charge >= 0.3 is 0 Å². The molecule has 0 aromatic rings. The van der Waals surface area contributed by atoms with Crippen molar-refractivity contribution in [2.45, 2.75) is 76.9 Å². The van der Waals surface area contributed by atoms with E-state index >= 15 is 0 Å². The minimum Gasteiger partial charge on any atom is -0.377 e. The van der Waals surface area contributed by atoms with Crippen molar-refractivity contribution in [1.82, 2.24) is 5.32 Å². The van der Waals surface area contributed by atoms with Gasteiger partial charge in [0, 0.05) is 6.04 Å². The molecule has 0 saturated heterocycles. The van der Waals surface area contributed by atoms with Crippen LogP contribution in [0.5, 0.6) is 0 Å². The Morgan fingerprint density at radius 3 is 2.29 bits per heavy atom. The van der Waals surface area contributed by atoms with Crippen LogP contribution in [-0.2, 0) is 4.74 Å². The van der Waals surface area contributed by atoms with Gasteiger partial charge in [0.25, 0.3) is 0 Å². The maximum atomic E-state index is 6.15. The molecule has 0 aromatic carbocycles. The van der Waals surface area contributed by atoms with Gasteiger partial charge in [-0.05, 0) is 38.1 Å². The zero-order valence-corrected chi connectivity index (χ0v) is 11.4. The number of hydrogen-bond donors (Lipinski definition) is 1. The second kappa shape index (κ2) is 7.38. The Bertz CT molecular complexity index is 195. The molecule has 1 unspecified atom stereocenters. The summed E-state index contributed by atoms with van der Waals surface area (Å²) in [7, 11) is 0. The fourth-order valence-corrected chi connectivity index (χ4v) is 3.46. The van der Waals surface area contributed by atoms with Crippen LogP contribution in [0.2, 0.25) is 0 Å². The number of nitrogens with one attached hydrogen (secondary N) is 1. The van der Waals surface area contributed by atoms with Crippen molar-refractivity contribution in [3.05, 3.63) is 0 Å². The summed E-state index contributed by atoms with van der Waals surface area (Å²) in [6.07, 6.45) is 13.0. The van der Waals surface area contributed by atoms with Gasteiger partial charge in [0.2, 0.25) is 0 Å². The minimum absolute atomic E-state index is 0.561. The van der Waals surface area contributed by atoms with Gasteiger partial charge in [-0.2, -0.15) is 0 Å². The lowest BCUT2D eigenvalue weighted by Crippen LogP contribution is -2.40. The molecule has 1 N–H and O–H groups in total. The van der Waals surface area contributed by atoms with Crippen LogP contribution < -0.4 is 5.32 Å². The number of ether oxygens (including phenoxy) is 1. The molecule has 2 saturated carbocycles. The van der Waals surface area contributed by atoms with E-state index in [-0.39, 0.29) is 0 Å². The molecular weight excluding hydrogens is 210 g/mol. The lowest BCUT2D eigenvalue weighted by molar-refractivity contribution is 0.00754. The molecule has 2 aliphatic carbocycles. The zero-order chi connectivity index (χ0) is 11.9.